The van der Waals surface area contributed by atoms with Crippen molar-refractivity contribution in [2.75, 3.05) is 0 Å². The molecule has 1 aliphatic rings. The number of rotatable bonds is 2. The van der Waals surface area contributed by atoms with Gasteiger partial charge in [-0.2, -0.15) is 0 Å². The third kappa shape index (κ3) is 2.61. The summed E-state index contributed by atoms with van der Waals surface area (Å²) >= 11 is 5.70. The Balaban J connectivity index is 2.71. The van der Waals surface area contributed by atoms with Crippen molar-refractivity contribution >= 4 is 23.5 Å². The second-order valence-corrected chi connectivity index (χ2v) is 4.56. The summed E-state index contributed by atoms with van der Waals surface area (Å²) in [5, 5.41) is -0.263. The predicted molar refractivity (Wildman–Crippen MR) is 49.7 cm³/mol. The van der Waals surface area contributed by atoms with Crippen LogP contribution < -0.4 is 0 Å². The smallest absolute Gasteiger partial charge is 0.323 e. The Kier molecular flexibility index (Phi) is 3.04. The number of carbonyl (C=O) groups excluding carboxylic acids is 2. The first-order valence-corrected chi connectivity index (χ1v) is 4.85. The van der Waals surface area contributed by atoms with Crippen molar-refractivity contribution in [2.24, 2.45) is 5.92 Å². The van der Waals surface area contributed by atoms with Crippen LogP contribution in [0.2, 0.25) is 0 Å². The van der Waals surface area contributed by atoms with Crippen LogP contribution in [0.5, 0.6) is 0 Å². The van der Waals surface area contributed by atoms with Gasteiger partial charge < -0.3 is 9.47 Å². The van der Waals surface area contributed by atoms with Gasteiger partial charge in [0.05, 0.1) is 0 Å². The fourth-order valence-corrected chi connectivity index (χ4v) is 1.44. The molecule has 5 heteroatoms. The van der Waals surface area contributed by atoms with Crippen molar-refractivity contribution in [3.63, 3.8) is 0 Å². The zero-order chi connectivity index (χ0) is 10.9. The average Bonchev–Trinajstić information content (AvgIpc) is 1.94. The van der Waals surface area contributed by atoms with Crippen LogP contribution >= 0.6 is 11.6 Å². The van der Waals surface area contributed by atoms with Crippen molar-refractivity contribution in [1.29, 1.82) is 0 Å². The fraction of sp³-hybridized carbons (Fsp3) is 0.778. The molecule has 0 aromatic carbocycles. The van der Waals surface area contributed by atoms with Crippen LogP contribution in [0.1, 0.15) is 27.2 Å². The molecule has 0 aromatic heterocycles. The first-order valence-electron chi connectivity index (χ1n) is 4.41. The number of cyclic esters (lactones) is 2. The van der Waals surface area contributed by atoms with Crippen molar-refractivity contribution in [2.45, 2.75) is 38.4 Å². The summed E-state index contributed by atoms with van der Waals surface area (Å²) in [4.78, 5) is 22.7. The molecule has 1 fully saturated rings. The molecule has 0 radical (unpaired) electrons. The molecule has 0 aliphatic carbocycles. The van der Waals surface area contributed by atoms with Gasteiger partial charge in [-0.3, -0.25) is 9.59 Å². The van der Waals surface area contributed by atoms with Crippen LogP contribution in [-0.2, 0) is 19.1 Å². The van der Waals surface area contributed by atoms with Gasteiger partial charge in [0, 0.05) is 19.2 Å². The van der Waals surface area contributed by atoms with Gasteiger partial charge in [-0.25, -0.2) is 0 Å². The molecule has 0 bridgehead atoms. The van der Waals surface area contributed by atoms with Crippen LogP contribution in [0.15, 0.2) is 0 Å². The minimum Gasteiger partial charge on any atom is -0.422 e. The standard InChI is InChI=1S/C9H13ClO4/c1-5(10)4-6-7(11)13-9(2,3)14-8(6)12/h5-6H,4H2,1-3H3. The Bertz CT molecular complexity index is 240. The predicted octanol–water partition coefficient (Wildman–Crippen LogP) is 1.46. The molecule has 0 amide bonds. The van der Waals surface area contributed by atoms with E-state index in [0.29, 0.717) is 0 Å². The second kappa shape index (κ2) is 3.77. The molecule has 0 saturated carbocycles. The molecule has 1 aliphatic heterocycles. The maximum absolute atomic E-state index is 11.4. The number of hydrogen-bond donors (Lipinski definition) is 0. The average molecular weight is 221 g/mol. The van der Waals surface area contributed by atoms with E-state index < -0.39 is 23.6 Å². The van der Waals surface area contributed by atoms with Crippen LogP contribution in [0.25, 0.3) is 0 Å². The highest BCUT2D eigenvalue weighted by Gasteiger charge is 2.43. The zero-order valence-electron chi connectivity index (χ0n) is 8.37. The molecule has 4 nitrogen and oxygen atoms in total. The molecule has 1 unspecified atom stereocenters. The van der Waals surface area contributed by atoms with Gasteiger partial charge in [-0.15, -0.1) is 11.6 Å². The zero-order valence-corrected chi connectivity index (χ0v) is 9.13. The second-order valence-electron chi connectivity index (χ2n) is 3.81. The lowest BCUT2D eigenvalue weighted by Crippen LogP contribution is -2.46. The normalized spacial score (nSPS) is 24.0. The van der Waals surface area contributed by atoms with Gasteiger partial charge in [0.2, 0.25) is 0 Å². The van der Waals surface area contributed by atoms with E-state index in [4.69, 9.17) is 21.1 Å². The Morgan fingerprint density at radius 3 is 2.14 bits per heavy atom. The first kappa shape index (κ1) is 11.3. The highest BCUT2D eigenvalue weighted by atomic mass is 35.5. The lowest BCUT2D eigenvalue weighted by Gasteiger charge is -2.33. The Hall–Kier alpha value is -0.770. The maximum Gasteiger partial charge on any atom is 0.323 e. The summed E-state index contributed by atoms with van der Waals surface area (Å²) in [5.41, 5.74) is 0. The molecule has 0 aromatic rings. The number of hydrogen-bond acceptors (Lipinski definition) is 4. The number of ether oxygens (including phenoxy) is 2. The van der Waals surface area contributed by atoms with Crippen molar-refractivity contribution in [3.8, 4) is 0 Å². The molecule has 1 heterocycles. The molecule has 0 spiro atoms. The van der Waals surface area contributed by atoms with E-state index in [2.05, 4.69) is 0 Å². The molecular weight excluding hydrogens is 208 g/mol. The van der Waals surface area contributed by atoms with Gasteiger partial charge in [0.1, 0.15) is 0 Å². The van der Waals surface area contributed by atoms with Gasteiger partial charge in [0.25, 0.3) is 5.79 Å². The van der Waals surface area contributed by atoms with Gasteiger partial charge >= 0.3 is 11.9 Å². The largest absolute Gasteiger partial charge is 0.422 e. The van der Waals surface area contributed by atoms with Gasteiger partial charge in [-0.05, 0) is 13.3 Å². The van der Waals surface area contributed by atoms with E-state index >= 15 is 0 Å². The van der Waals surface area contributed by atoms with Crippen LogP contribution in [-0.4, -0.2) is 23.1 Å². The first-order chi connectivity index (χ1) is 6.32. The molecule has 1 saturated heterocycles. The minimum absolute atomic E-state index is 0.245. The monoisotopic (exact) mass is 220 g/mol. The third-order valence-corrected chi connectivity index (χ3v) is 2.00. The van der Waals surface area contributed by atoms with E-state index in [1.54, 1.807) is 6.92 Å². The minimum atomic E-state index is -1.15. The molecule has 1 rings (SSSR count). The molecule has 14 heavy (non-hydrogen) atoms. The fourth-order valence-electron chi connectivity index (χ4n) is 1.26. The lowest BCUT2D eigenvalue weighted by molar-refractivity contribution is -0.240. The number of esters is 2. The molecule has 0 N–H and O–H groups in total. The van der Waals surface area contributed by atoms with Gasteiger partial charge in [0.15, 0.2) is 5.92 Å². The summed E-state index contributed by atoms with van der Waals surface area (Å²) in [7, 11) is 0. The highest BCUT2D eigenvalue weighted by molar-refractivity contribution is 6.20. The number of alkyl halides is 1. The Morgan fingerprint density at radius 2 is 1.79 bits per heavy atom. The summed E-state index contributed by atoms with van der Waals surface area (Å²) in [6.07, 6.45) is 0.245. The topological polar surface area (TPSA) is 52.6 Å². The summed E-state index contributed by atoms with van der Waals surface area (Å²) in [6, 6.07) is 0. The van der Waals surface area contributed by atoms with E-state index in [1.807, 2.05) is 0 Å². The van der Waals surface area contributed by atoms with Crippen LogP contribution in [0.4, 0.5) is 0 Å². The molecule has 1 atom stereocenters. The van der Waals surface area contributed by atoms with Crippen molar-refractivity contribution < 1.29 is 19.1 Å². The van der Waals surface area contributed by atoms with E-state index in [1.165, 1.54) is 13.8 Å². The summed E-state index contributed by atoms with van der Waals surface area (Å²) < 4.78 is 9.83. The van der Waals surface area contributed by atoms with E-state index in [-0.39, 0.29) is 11.8 Å². The summed E-state index contributed by atoms with van der Waals surface area (Å²) in [6.45, 7) is 4.74. The van der Waals surface area contributed by atoms with E-state index in [0.717, 1.165) is 0 Å². The Morgan fingerprint density at radius 1 is 1.36 bits per heavy atom. The van der Waals surface area contributed by atoms with Crippen LogP contribution in [0, 0.1) is 5.92 Å². The summed E-state index contributed by atoms with van der Waals surface area (Å²) in [5.74, 6) is -3.15. The van der Waals surface area contributed by atoms with Crippen LogP contribution in [0.3, 0.4) is 0 Å². The molecular formula is C9H13ClO4. The Labute approximate surface area is 87.5 Å². The van der Waals surface area contributed by atoms with Gasteiger partial charge in [-0.1, -0.05) is 0 Å². The maximum atomic E-state index is 11.4. The third-order valence-electron chi connectivity index (χ3n) is 1.82. The van der Waals surface area contributed by atoms with E-state index in [9.17, 15) is 9.59 Å². The molecule has 80 valence electrons. The SMILES string of the molecule is CC(Cl)CC1C(=O)OC(C)(C)OC1=O. The number of carbonyl (C=O) groups is 2. The quantitative estimate of drug-likeness (QED) is 0.402. The van der Waals surface area contributed by atoms with Crippen molar-refractivity contribution in [1.82, 2.24) is 0 Å². The van der Waals surface area contributed by atoms with Crippen molar-refractivity contribution in [3.05, 3.63) is 0 Å². The lowest BCUT2D eigenvalue weighted by atomic mass is 10.0. The highest BCUT2D eigenvalue weighted by Crippen LogP contribution is 2.26. The number of halogens is 1.